The summed E-state index contributed by atoms with van der Waals surface area (Å²) in [6.07, 6.45) is 8.49. The molecular weight excluding hydrogens is 216 g/mol. The number of urea groups is 1. The van der Waals surface area contributed by atoms with Crippen molar-refractivity contribution < 1.29 is 9.53 Å². The number of amides is 2. The van der Waals surface area contributed by atoms with E-state index >= 15 is 0 Å². The fraction of sp³-hybridized carbons (Fsp3) is 0.769. The Hall–Kier alpha value is -1.21. The maximum absolute atomic E-state index is 11.7. The molecule has 0 radical (unpaired) electrons. The molecule has 0 aromatic carbocycles. The normalized spacial score (nSPS) is 25.4. The smallest absolute Gasteiger partial charge is 0.315 e. The van der Waals surface area contributed by atoms with Crippen molar-refractivity contribution in [3.63, 3.8) is 0 Å². The molecule has 0 bridgehead atoms. The van der Waals surface area contributed by atoms with Gasteiger partial charge in [-0.3, -0.25) is 0 Å². The third-order valence-electron chi connectivity index (χ3n) is 3.19. The lowest BCUT2D eigenvalue weighted by Crippen LogP contribution is -2.46. The number of ether oxygens (including phenoxy) is 1. The summed E-state index contributed by atoms with van der Waals surface area (Å²) in [5.41, 5.74) is 0. The van der Waals surface area contributed by atoms with Gasteiger partial charge in [0, 0.05) is 13.2 Å². The van der Waals surface area contributed by atoms with Crippen molar-refractivity contribution in [3.8, 4) is 12.3 Å². The fourth-order valence-electron chi connectivity index (χ4n) is 2.05. The van der Waals surface area contributed by atoms with E-state index in [1.807, 2.05) is 13.8 Å². The van der Waals surface area contributed by atoms with Crippen LogP contribution in [0.25, 0.3) is 0 Å². The summed E-state index contributed by atoms with van der Waals surface area (Å²) < 4.78 is 5.26. The van der Waals surface area contributed by atoms with E-state index in [1.54, 1.807) is 7.11 Å². The first-order chi connectivity index (χ1) is 8.06. The summed E-state index contributed by atoms with van der Waals surface area (Å²) >= 11 is 0. The lowest BCUT2D eigenvalue weighted by atomic mass is 10.1. The second-order valence-electron chi connectivity index (χ2n) is 4.87. The molecule has 96 valence electrons. The molecule has 1 saturated carbocycles. The van der Waals surface area contributed by atoms with E-state index in [0.717, 1.165) is 19.3 Å². The van der Waals surface area contributed by atoms with Crippen LogP contribution in [0.3, 0.4) is 0 Å². The number of hydrogen-bond acceptors (Lipinski definition) is 2. The molecule has 2 N–H and O–H groups in total. The quantitative estimate of drug-likeness (QED) is 0.729. The first kappa shape index (κ1) is 13.9. The van der Waals surface area contributed by atoms with Crippen LogP contribution in [-0.2, 0) is 4.74 Å². The zero-order chi connectivity index (χ0) is 12.8. The molecule has 0 heterocycles. The highest BCUT2D eigenvalue weighted by atomic mass is 16.5. The van der Waals surface area contributed by atoms with Gasteiger partial charge in [-0.25, -0.2) is 4.79 Å². The highest BCUT2D eigenvalue weighted by Crippen LogP contribution is 2.21. The molecular formula is C13H22N2O2. The minimum Gasteiger partial charge on any atom is -0.381 e. The molecule has 3 unspecified atom stereocenters. The Morgan fingerprint density at radius 1 is 1.47 bits per heavy atom. The van der Waals surface area contributed by atoms with Crippen LogP contribution in [0.15, 0.2) is 0 Å². The predicted molar refractivity (Wildman–Crippen MR) is 67.6 cm³/mol. The molecule has 4 heteroatoms. The minimum absolute atomic E-state index is 0.177. The maximum atomic E-state index is 11.7. The number of terminal acetylenes is 1. The van der Waals surface area contributed by atoms with Crippen LogP contribution >= 0.6 is 0 Å². The van der Waals surface area contributed by atoms with Crippen LogP contribution in [-0.4, -0.2) is 31.3 Å². The van der Waals surface area contributed by atoms with Gasteiger partial charge in [-0.2, -0.15) is 0 Å². The van der Waals surface area contributed by atoms with Gasteiger partial charge in [-0.1, -0.05) is 19.8 Å². The first-order valence-corrected chi connectivity index (χ1v) is 6.12. The van der Waals surface area contributed by atoms with Crippen LogP contribution in [0.4, 0.5) is 4.79 Å². The summed E-state index contributed by atoms with van der Waals surface area (Å²) in [7, 11) is 1.71. The largest absolute Gasteiger partial charge is 0.381 e. The Labute approximate surface area is 103 Å². The van der Waals surface area contributed by atoms with Crippen molar-refractivity contribution in [2.75, 3.05) is 7.11 Å². The van der Waals surface area contributed by atoms with Gasteiger partial charge in [0.15, 0.2) is 0 Å². The molecule has 0 aromatic heterocycles. The molecule has 1 aliphatic carbocycles. The predicted octanol–water partition coefficient (Wildman–Crippen LogP) is 1.51. The van der Waals surface area contributed by atoms with E-state index in [0.29, 0.717) is 0 Å². The Morgan fingerprint density at radius 2 is 2.18 bits per heavy atom. The second-order valence-corrected chi connectivity index (χ2v) is 4.87. The molecule has 0 spiro atoms. The third-order valence-corrected chi connectivity index (χ3v) is 3.19. The van der Waals surface area contributed by atoms with Gasteiger partial charge in [-0.15, -0.1) is 6.42 Å². The van der Waals surface area contributed by atoms with Crippen LogP contribution in [0, 0.1) is 18.3 Å². The Bertz CT molecular complexity index is 296. The van der Waals surface area contributed by atoms with Gasteiger partial charge in [0.2, 0.25) is 0 Å². The lowest BCUT2D eigenvalue weighted by molar-refractivity contribution is 0.107. The Balaban J connectivity index is 2.33. The van der Waals surface area contributed by atoms with Crippen molar-refractivity contribution in [3.05, 3.63) is 0 Å². The maximum Gasteiger partial charge on any atom is 0.315 e. The van der Waals surface area contributed by atoms with Crippen molar-refractivity contribution in [2.45, 2.75) is 51.3 Å². The first-order valence-electron chi connectivity index (χ1n) is 6.12. The summed E-state index contributed by atoms with van der Waals surface area (Å²) in [4.78, 5) is 11.7. The van der Waals surface area contributed by atoms with Crippen LogP contribution in [0.5, 0.6) is 0 Å². The van der Waals surface area contributed by atoms with Gasteiger partial charge in [0.05, 0.1) is 12.1 Å². The number of hydrogen-bond donors (Lipinski definition) is 2. The fourth-order valence-corrected chi connectivity index (χ4v) is 2.05. The average Bonchev–Trinajstić information content (AvgIpc) is 2.73. The van der Waals surface area contributed by atoms with E-state index in [1.165, 1.54) is 0 Å². The zero-order valence-corrected chi connectivity index (χ0v) is 10.8. The summed E-state index contributed by atoms with van der Waals surface area (Å²) in [5, 5.41) is 5.74. The summed E-state index contributed by atoms with van der Waals surface area (Å²) in [6.45, 7) is 3.97. The Kier molecular flexibility index (Phi) is 5.30. The van der Waals surface area contributed by atoms with Gasteiger partial charge in [0.1, 0.15) is 0 Å². The SMILES string of the molecule is C#CC(NC(=O)NC1CCC(OC)C1)C(C)C. The zero-order valence-electron chi connectivity index (χ0n) is 10.8. The molecule has 0 aromatic rings. The van der Waals surface area contributed by atoms with Crippen LogP contribution in [0.1, 0.15) is 33.1 Å². The summed E-state index contributed by atoms with van der Waals surface area (Å²) in [5.74, 6) is 2.82. The van der Waals surface area contributed by atoms with Crippen molar-refractivity contribution in [2.24, 2.45) is 5.92 Å². The number of carbonyl (C=O) groups excluding carboxylic acids is 1. The molecule has 0 aliphatic heterocycles. The van der Waals surface area contributed by atoms with Crippen LogP contribution < -0.4 is 10.6 Å². The highest BCUT2D eigenvalue weighted by Gasteiger charge is 2.26. The van der Waals surface area contributed by atoms with E-state index in [4.69, 9.17) is 11.2 Å². The lowest BCUT2D eigenvalue weighted by Gasteiger charge is -2.19. The monoisotopic (exact) mass is 238 g/mol. The molecule has 2 amide bonds. The van der Waals surface area contributed by atoms with Crippen molar-refractivity contribution >= 4 is 6.03 Å². The van der Waals surface area contributed by atoms with Gasteiger partial charge < -0.3 is 15.4 Å². The molecule has 4 nitrogen and oxygen atoms in total. The standard InChI is InChI=1S/C13H22N2O2/c1-5-12(9(2)3)15-13(16)14-10-6-7-11(8-10)17-4/h1,9-12H,6-8H2,2-4H3,(H2,14,15,16). The molecule has 1 aliphatic rings. The Morgan fingerprint density at radius 3 is 2.65 bits per heavy atom. The number of methoxy groups -OCH3 is 1. The summed E-state index contributed by atoms with van der Waals surface area (Å²) in [6, 6.07) is -0.191. The minimum atomic E-state index is -0.213. The second kappa shape index (κ2) is 6.51. The molecule has 1 rings (SSSR count). The number of rotatable bonds is 4. The molecule has 1 fully saturated rings. The van der Waals surface area contributed by atoms with Gasteiger partial charge in [-0.05, 0) is 25.2 Å². The van der Waals surface area contributed by atoms with Gasteiger partial charge in [0.25, 0.3) is 0 Å². The number of carbonyl (C=O) groups is 1. The van der Waals surface area contributed by atoms with E-state index in [2.05, 4.69) is 16.6 Å². The topological polar surface area (TPSA) is 50.4 Å². The van der Waals surface area contributed by atoms with Gasteiger partial charge >= 0.3 is 6.03 Å². The number of nitrogens with one attached hydrogen (secondary N) is 2. The van der Waals surface area contributed by atoms with Crippen LogP contribution in [0.2, 0.25) is 0 Å². The molecule has 3 atom stereocenters. The average molecular weight is 238 g/mol. The molecule has 17 heavy (non-hydrogen) atoms. The van der Waals surface area contributed by atoms with E-state index < -0.39 is 0 Å². The molecule has 0 saturated heterocycles. The third kappa shape index (κ3) is 4.27. The van der Waals surface area contributed by atoms with E-state index in [9.17, 15) is 4.79 Å². The van der Waals surface area contributed by atoms with E-state index in [-0.39, 0.29) is 30.1 Å². The van der Waals surface area contributed by atoms with Crippen molar-refractivity contribution in [1.29, 1.82) is 0 Å². The van der Waals surface area contributed by atoms with Crippen molar-refractivity contribution in [1.82, 2.24) is 10.6 Å². The highest BCUT2D eigenvalue weighted by molar-refractivity contribution is 5.75.